The van der Waals surface area contributed by atoms with Crippen LogP contribution >= 0.6 is 19.2 Å². The van der Waals surface area contributed by atoms with Crippen molar-refractivity contribution in [3.63, 3.8) is 0 Å². The maximum atomic E-state index is 13.4. The summed E-state index contributed by atoms with van der Waals surface area (Å²) >= 11 is 6.05. The zero-order valence-corrected chi connectivity index (χ0v) is 17.6. The largest absolute Gasteiger partial charge is 0.417 e. The van der Waals surface area contributed by atoms with Gasteiger partial charge in [0.15, 0.2) is 0 Å². The highest BCUT2D eigenvalue weighted by molar-refractivity contribution is 7.58. The van der Waals surface area contributed by atoms with E-state index >= 15 is 0 Å². The number of hydrogen-bond donors (Lipinski definition) is 0. The molecule has 2 atom stereocenters. The van der Waals surface area contributed by atoms with Gasteiger partial charge in [0.25, 0.3) is 0 Å². The molecule has 1 heterocycles. The van der Waals surface area contributed by atoms with Crippen LogP contribution in [-0.2, 0) is 28.6 Å². The monoisotopic (exact) mass is 420 g/mol. The second-order valence-electron chi connectivity index (χ2n) is 6.48. The van der Waals surface area contributed by atoms with Gasteiger partial charge in [0, 0.05) is 25.2 Å². The summed E-state index contributed by atoms with van der Waals surface area (Å²) in [6.07, 6.45) is 2.16. The predicted molar refractivity (Wildman–Crippen MR) is 108 cm³/mol. The van der Waals surface area contributed by atoms with E-state index in [-0.39, 0.29) is 5.50 Å². The number of allylic oxidation sites excluding steroid dienone is 1. The molecule has 148 valence electrons. The number of halogens is 1. The van der Waals surface area contributed by atoms with Crippen molar-refractivity contribution < 1.29 is 23.1 Å². The summed E-state index contributed by atoms with van der Waals surface area (Å²) in [7, 11) is -1.20. The van der Waals surface area contributed by atoms with Gasteiger partial charge < -0.3 is 13.8 Å². The Labute approximate surface area is 169 Å². The van der Waals surface area contributed by atoms with Crippen molar-refractivity contribution in [2.75, 3.05) is 14.2 Å². The van der Waals surface area contributed by atoms with Crippen molar-refractivity contribution in [3.8, 4) is 0 Å². The minimum Gasteiger partial charge on any atom is -0.417 e. The lowest BCUT2D eigenvalue weighted by Gasteiger charge is -2.41. The van der Waals surface area contributed by atoms with Gasteiger partial charge in [-0.15, -0.1) is 0 Å². The topological polar surface area (TPSA) is 61.8 Å². The van der Waals surface area contributed by atoms with E-state index < -0.39 is 24.9 Å². The summed E-state index contributed by atoms with van der Waals surface area (Å²) in [4.78, 5) is 13.4. The van der Waals surface area contributed by atoms with Crippen molar-refractivity contribution in [2.24, 2.45) is 0 Å². The van der Waals surface area contributed by atoms with E-state index in [9.17, 15) is 9.36 Å². The summed E-state index contributed by atoms with van der Waals surface area (Å²) < 4.78 is 28.6. The first-order chi connectivity index (χ1) is 13.4. The van der Waals surface area contributed by atoms with Crippen LogP contribution in [0.2, 0.25) is 5.02 Å². The first-order valence-corrected chi connectivity index (χ1v) is 10.8. The Hall–Kier alpha value is -1.91. The third-order valence-corrected chi connectivity index (χ3v) is 7.22. The Kier molecular flexibility index (Phi) is 6.11. The van der Waals surface area contributed by atoms with E-state index in [4.69, 9.17) is 25.4 Å². The Balaban J connectivity index is 2.26. The molecule has 0 N–H and O–H groups in total. The van der Waals surface area contributed by atoms with Gasteiger partial charge in [-0.05, 0) is 35.8 Å². The van der Waals surface area contributed by atoms with Gasteiger partial charge in [-0.1, -0.05) is 61.0 Å². The van der Waals surface area contributed by atoms with Crippen LogP contribution in [0.5, 0.6) is 0 Å². The summed E-state index contributed by atoms with van der Waals surface area (Å²) in [6, 6.07) is 16.7. The molecular weight excluding hydrogens is 399 g/mol. The van der Waals surface area contributed by atoms with E-state index in [1.54, 1.807) is 18.2 Å². The minimum absolute atomic E-state index is 0.0885. The Morgan fingerprint density at radius 3 is 2.21 bits per heavy atom. The molecule has 0 fully saturated rings. The highest BCUT2D eigenvalue weighted by atomic mass is 35.5. The fourth-order valence-electron chi connectivity index (χ4n) is 3.69. The van der Waals surface area contributed by atoms with Crippen LogP contribution in [0.1, 0.15) is 30.4 Å². The molecular formula is C21H22ClO5P. The molecule has 0 spiro atoms. The van der Waals surface area contributed by atoms with Crippen LogP contribution < -0.4 is 0 Å². The Bertz CT molecular complexity index is 918. The molecule has 1 aliphatic heterocycles. The number of carbonyl (C=O) groups is 1. The highest BCUT2D eigenvalue weighted by Gasteiger charge is 2.52. The molecule has 2 aromatic carbocycles. The number of benzene rings is 2. The molecule has 0 aliphatic carbocycles. The summed E-state index contributed by atoms with van der Waals surface area (Å²) in [5, 5.41) is 0.579. The van der Waals surface area contributed by atoms with E-state index in [0.717, 1.165) is 11.1 Å². The molecule has 2 aromatic rings. The third kappa shape index (κ3) is 3.44. The SMILES string of the molecule is CC[C@@]1(c2ccc(Cl)cc2)C(=O)OC(P(=O)(OC)OC)=C[C@H]1c1ccccc1. The standard InChI is InChI=1S/C21H22ClO5P/c1-4-21(16-10-12-17(22)13-11-16)18(15-8-6-5-7-9-15)14-19(27-20(21)23)28(24,25-2)26-3/h5-14,18H,4H2,1-3H3/t18-,21-/m0/s1. The number of rotatable bonds is 6. The first kappa shape index (κ1) is 20.8. The lowest BCUT2D eigenvalue weighted by molar-refractivity contribution is -0.148. The highest BCUT2D eigenvalue weighted by Crippen LogP contribution is 2.60. The molecule has 0 aromatic heterocycles. The number of esters is 1. The quantitative estimate of drug-likeness (QED) is 0.446. The van der Waals surface area contributed by atoms with E-state index in [1.165, 1.54) is 14.2 Å². The smallest absolute Gasteiger partial charge is 0.395 e. The van der Waals surface area contributed by atoms with Crippen LogP contribution in [0.25, 0.3) is 0 Å². The first-order valence-electron chi connectivity index (χ1n) is 8.88. The molecule has 0 unspecified atom stereocenters. The Morgan fingerprint density at radius 2 is 1.68 bits per heavy atom. The van der Waals surface area contributed by atoms with Crippen LogP contribution in [0.3, 0.4) is 0 Å². The number of cyclic esters (lactones) is 1. The summed E-state index contributed by atoms with van der Waals surface area (Å²) in [6.45, 7) is 1.93. The van der Waals surface area contributed by atoms with Crippen LogP contribution in [0, 0.1) is 0 Å². The molecule has 0 amide bonds. The van der Waals surface area contributed by atoms with Crippen molar-refractivity contribution in [1.29, 1.82) is 0 Å². The van der Waals surface area contributed by atoms with Crippen molar-refractivity contribution in [2.45, 2.75) is 24.7 Å². The molecule has 0 bridgehead atoms. The van der Waals surface area contributed by atoms with Crippen molar-refractivity contribution in [3.05, 3.63) is 82.3 Å². The number of carbonyl (C=O) groups excluding carboxylic acids is 1. The van der Waals surface area contributed by atoms with Gasteiger partial charge in [0.05, 0.1) is 0 Å². The van der Waals surface area contributed by atoms with Gasteiger partial charge in [-0.3, -0.25) is 9.36 Å². The zero-order valence-electron chi connectivity index (χ0n) is 15.9. The minimum atomic E-state index is -3.72. The fraction of sp³-hybridized carbons (Fsp3) is 0.286. The van der Waals surface area contributed by atoms with E-state index in [0.29, 0.717) is 11.4 Å². The lowest BCUT2D eigenvalue weighted by Crippen LogP contribution is -2.44. The number of ether oxygens (including phenoxy) is 1. The zero-order chi connectivity index (χ0) is 20.4. The number of hydrogen-bond acceptors (Lipinski definition) is 5. The van der Waals surface area contributed by atoms with Gasteiger partial charge in [-0.25, -0.2) is 0 Å². The third-order valence-electron chi connectivity index (χ3n) is 5.23. The molecule has 1 aliphatic rings. The van der Waals surface area contributed by atoms with E-state index in [1.807, 2.05) is 49.4 Å². The van der Waals surface area contributed by atoms with E-state index in [2.05, 4.69) is 0 Å². The van der Waals surface area contributed by atoms with Gasteiger partial charge in [0.2, 0.25) is 5.50 Å². The molecule has 3 rings (SSSR count). The summed E-state index contributed by atoms with van der Waals surface area (Å²) in [5.74, 6) is -0.923. The molecule has 5 nitrogen and oxygen atoms in total. The second kappa shape index (κ2) is 8.22. The molecule has 0 saturated heterocycles. The maximum Gasteiger partial charge on any atom is 0.395 e. The predicted octanol–water partition coefficient (Wildman–Crippen LogP) is 5.66. The molecule has 28 heavy (non-hydrogen) atoms. The van der Waals surface area contributed by atoms with Crippen LogP contribution in [0.15, 0.2) is 66.2 Å². The molecule has 0 radical (unpaired) electrons. The Morgan fingerprint density at radius 1 is 1.07 bits per heavy atom. The van der Waals surface area contributed by atoms with Crippen LogP contribution in [0.4, 0.5) is 0 Å². The maximum absolute atomic E-state index is 13.4. The lowest BCUT2D eigenvalue weighted by atomic mass is 9.65. The summed E-state index contributed by atoms with van der Waals surface area (Å²) in [5.41, 5.74) is 0.585. The van der Waals surface area contributed by atoms with Gasteiger partial charge >= 0.3 is 13.6 Å². The average molecular weight is 421 g/mol. The normalized spacial score (nSPS) is 22.5. The van der Waals surface area contributed by atoms with Gasteiger partial charge in [-0.2, -0.15) is 0 Å². The average Bonchev–Trinajstić information content (AvgIpc) is 2.74. The molecule has 0 saturated carbocycles. The van der Waals surface area contributed by atoms with Crippen molar-refractivity contribution >= 4 is 25.2 Å². The molecule has 7 heteroatoms. The van der Waals surface area contributed by atoms with Crippen LogP contribution in [-0.4, -0.2) is 20.2 Å². The second-order valence-corrected chi connectivity index (χ2v) is 9.08. The van der Waals surface area contributed by atoms with Gasteiger partial charge in [0.1, 0.15) is 5.41 Å². The van der Waals surface area contributed by atoms with Crippen molar-refractivity contribution in [1.82, 2.24) is 0 Å². The fourth-order valence-corrected chi connectivity index (χ4v) is 4.85.